The highest BCUT2D eigenvalue weighted by Crippen LogP contribution is 2.27. The number of hydrogen-bond donors (Lipinski definition) is 0. The first-order chi connectivity index (χ1) is 14.1. The van der Waals surface area contributed by atoms with Crippen molar-refractivity contribution in [1.82, 2.24) is 14.7 Å². The number of ether oxygens (including phenoxy) is 1. The fraction of sp³-hybridized carbons (Fsp3) is 0.636. The number of nitrogens with zero attached hydrogens (tertiary/aromatic N) is 4. The number of carbonyl (C=O) groups excluding carboxylic acids is 2. The molecule has 29 heavy (non-hydrogen) atoms. The third kappa shape index (κ3) is 4.90. The van der Waals surface area contributed by atoms with E-state index in [-0.39, 0.29) is 11.8 Å². The Labute approximate surface area is 173 Å². The van der Waals surface area contributed by atoms with Crippen molar-refractivity contribution in [2.75, 3.05) is 77.0 Å². The topological polar surface area (TPSA) is 56.3 Å². The van der Waals surface area contributed by atoms with Crippen molar-refractivity contribution >= 4 is 17.5 Å². The van der Waals surface area contributed by atoms with Gasteiger partial charge in [0.25, 0.3) is 0 Å². The number of piperazine rings is 1. The molecule has 158 valence electrons. The molecule has 1 aromatic carbocycles. The molecule has 2 amide bonds. The summed E-state index contributed by atoms with van der Waals surface area (Å²) >= 11 is 0. The fourth-order valence-corrected chi connectivity index (χ4v) is 4.49. The second-order valence-corrected chi connectivity index (χ2v) is 8.31. The molecule has 0 aliphatic carbocycles. The molecule has 7 heteroatoms. The van der Waals surface area contributed by atoms with Crippen LogP contribution in [0.2, 0.25) is 0 Å². The van der Waals surface area contributed by atoms with Crippen LogP contribution in [-0.2, 0) is 20.7 Å². The molecule has 2 fully saturated rings. The predicted molar refractivity (Wildman–Crippen MR) is 112 cm³/mol. The Kier molecular flexibility index (Phi) is 6.35. The van der Waals surface area contributed by atoms with Crippen LogP contribution in [0.1, 0.15) is 17.5 Å². The molecule has 0 aromatic heterocycles. The summed E-state index contributed by atoms with van der Waals surface area (Å²) in [6, 6.07) is 6.54. The summed E-state index contributed by atoms with van der Waals surface area (Å²) in [4.78, 5) is 33.6. The first-order valence-corrected chi connectivity index (χ1v) is 10.8. The van der Waals surface area contributed by atoms with Crippen LogP contribution in [0.15, 0.2) is 18.2 Å². The lowest BCUT2D eigenvalue weighted by molar-refractivity contribution is -0.137. The molecule has 1 aromatic rings. The summed E-state index contributed by atoms with van der Waals surface area (Å²) in [5.74, 6) is 0.367. The van der Waals surface area contributed by atoms with E-state index in [0.717, 1.165) is 32.5 Å². The number of anilines is 1. The lowest BCUT2D eigenvalue weighted by Gasteiger charge is -2.38. The van der Waals surface area contributed by atoms with E-state index in [9.17, 15) is 9.59 Å². The van der Waals surface area contributed by atoms with Gasteiger partial charge in [-0.25, -0.2) is 0 Å². The van der Waals surface area contributed by atoms with Gasteiger partial charge in [-0.05, 0) is 31.4 Å². The molecule has 0 unspecified atom stereocenters. The zero-order chi connectivity index (χ0) is 20.2. The van der Waals surface area contributed by atoms with Gasteiger partial charge in [0.15, 0.2) is 0 Å². The minimum absolute atomic E-state index is 0.174. The SMILES string of the molecule is Cc1ccc2c(c1)CCCN2CC(=O)N1CCN(CC(=O)N2CCOCC2)CC1. The molecule has 3 aliphatic rings. The third-order valence-electron chi connectivity index (χ3n) is 6.22. The summed E-state index contributed by atoms with van der Waals surface area (Å²) in [6.07, 6.45) is 2.19. The van der Waals surface area contributed by atoms with E-state index in [4.69, 9.17) is 4.74 Å². The third-order valence-corrected chi connectivity index (χ3v) is 6.22. The maximum absolute atomic E-state index is 12.9. The number of amides is 2. The van der Waals surface area contributed by atoms with E-state index in [1.807, 2.05) is 9.80 Å². The predicted octanol–water partition coefficient (Wildman–Crippen LogP) is 0.751. The van der Waals surface area contributed by atoms with Gasteiger partial charge in [0.05, 0.1) is 26.3 Å². The van der Waals surface area contributed by atoms with Crippen LogP contribution in [0.5, 0.6) is 0 Å². The number of aryl methyl sites for hydroxylation is 2. The van der Waals surface area contributed by atoms with E-state index >= 15 is 0 Å². The Morgan fingerprint density at radius 3 is 2.34 bits per heavy atom. The van der Waals surface area contributed by atoms with E-state index < -0.39 is 0 Å². The van der Waals surface area contributed by atoms with Gasteiger partial charge in [-0.2, -0.15) is 0 Å². The average molecular weight is 401 g/mol. The minimum atomic E-state index is 0.174. The number of hydrogen-bond acceptors (Lipinski definition) is 5. The highest BCUT2D eigenvalue weighted by Gasteiger charge is 2.27. The van der Waals surface area contributed by atoms with E-state index in [1.54, 1.807) is 0 Å². The molecule has 7 nitrogen and oxygen atoms in total. The Hall–Kier alpha value is -2.12. The van der Waals surface area contributed by atoms with Crippen molar-refractivity contribution in [1.29, 1.82) is 0 Å². The van der Waals surface area contributed by atoms with Gasteiger partial charge in [-0.15, -0.1) is 0 Å². The van der Waals surface area contributed by atoms with Gasteiger partial charge in [0.1, 0.15) is 0 Å². The monoisotopic (exact) mass is 400 g/mol. The molecule has 2 saturated heterocycles. The van der Waals surface area contributed by atoms with Gasteiger partial charge >= 0.3 is 0 Å². The lowest BCUT2D eigenvalue weighted by atomic mass is 9.99. The van der Waals surface area contributed by atoms with Gasteiger partial charge in [0.2, 0.25) is 11.8 Å². The maximum atomic E-state index is 12.9. The number of rotatable bonds is 4. The van der Waals surface area contributed by atoms with Crippen LogP contribution in [0.25, 0.3) is 0 Å². The quantitative estimate of drug-likeness (QED) is 0.747. The Balaban J connectivity index is 1.26. The minimum Gasteiger partial charge on any atom is -0.378 e. The Bertz CT molecular complexity index is 740. The van der Waals surface area contributed by atoms with E-state index in [1.165, 1.54) is 16.8 Å². The molecule has 4 rings (SSSR count). The molecule has 0 atom stereocenters. The molecule has 0 bridgehead atoms. The number of carbonyl (C=O) groups is 2. The number of benzene rings is 1. The zero-order valence-corrected chi connectivity index (χ0v) is 17.4. The van der Waals surface area contributed by atoms with Crippen LogP contribution in [-0.4, -0.2) is 98.6 Å². The van der Waals surface area contributed by atoms with Crippen molar-refractivity contribution < 1.29 is 14.3 Å². The van der Waals surface area contributed by atoms with Crippen molar-refractivity contribution in [3.63, 3.8) is 0 Å². The first kappa shape index (κ1) is 20.2. The van der Waals surface area contributed by atoms with Crippen molar-refractivity contribution in [3.8, 4) is 0 Å². The van der Waals surface area contributed by atoms with Gasteiger partial charge in [-0.3, -0.25) is 14.5 Å². The van der Waals surface area contributed by atoms with Crippen LogP contribution in [0.4, 0.5) is 5.69 Å². The van der Waals surface area contributed by atoms with Crippen molar-refractivity contribution in [3.05, 3.63) is 29.3 Å². The van der Waals surface area contributed by atoms with Crippen LogP contribution < -0.4 is 4.90 Å². The van der Waals surface area contributed by atoms with Crippen LogP contribution in [0, 0.1) is 6.92 Å². The summed E-state index contributed by atoms with van der Waals surface area (Å²) in [5, 5.41) is 0. The largest absolute Gasteiger partial charge is 0.378 e. The number of fused-ring (bicyclic) bond motifs is 1. The summed E-state index contributed by atoms with van der Waals surface area (Å²) in [6.45, 7) is 9.51. The smallest absolute Gasteiger partial charge is 0.242 e. The molecule has 0 radical (unpaired) electrons. The summed E-state index contributed by atoms with van der Waals surface area (Å²) in [5.41, 5.74) is 3.85. The van der Waals surface area contributed by atoms with Gasteiger partial charge in [0, 0.05) is 51.5 Å². The first-order valence-electron chi connectivity index (χ1n) is 10.8. The van der Waals surface area contributed by atoms with Gasteiger partial charge < -0.3 is 19.4 Å². The molecule has 0 spiro atoms. The van der Waals surface area contributed by atoms with E-state index in [2.05, 4.69) is 34.9 Å². The van der Waals surface area contributed by atoms with Crippen LogP contribution >= 0.6 is 0 Å². The fourth-order valence-electron chi connectivity index (χ4n) is 4.49. The number of morpholine rings is 1. The highest BCUT2D eigenvalue weighted by molar-refractivity contribution is 5.82. The highest BCUT2D eigenvalue weighted by atomic mass is 16.5. The molecule has 3 heterocycles. The summed E-state index contributed by atoms with van der Waals surface area (Å²) < 4.78 is 5.31. The maximum Gasteiger partial charge on any atom is 0.242 e. The zero-order valence-electron chi connectivity index (χ0n) is 17.4. The second-order valence-electron chi connectivity index (χ2n) is 8.31. The van der Waals surface area contributed by atoms with Gasteiger partial charge in [-0.1, -0.05) is 17.7 Å². The lowest BCUT2D eigenvalue weighted by Crippen LogP contribution is -2.54. The summed E-state index contributed by atoms with van der Waals surface area (Å²) in [7, 11) is 0. The molecule has 0 N–H and O–H groups in total. The molecule has 3 aliphatic heterocycles. The molecular formula is C22H32N4O3. The van der Waals surface area contributed by atoms with E-state index in [0.29, 0.717) is 52.5 Å². The molecule has 0 saturated carbocycles. The van der Waals surface area contributed by atoms with Crippen LogP contribution in [0.3, 0.4) is 0 Å². The van der Waals surface area contributed by atoms with Crippen molar-refractivity contribution in [2.24, 2.45) is 0 Å². The average Bonchev–Trinajstić information content (AvgIpc) is 2.75. The Morgan fingerprint density at radius 1 is 0.897 bits per heavy atom. The normalized spacial score (nSPS) is 20.5. The standard InChI is InChI=1S/C22H32N4O3/c1-18-4-5-20-19(15-18)3-2-6-26(20)17-22(28)24-9-7-23(8-10-24)16-21(27)25-11-13-29-14-12-25/h4-5,15H,2-3,6-14,16-17H2,1H3. The van der Waals surface area contributed by atoms with Crippen molar-refractivity contribution in [2.45, 2.75) is 19.8 Å². The molecular weight excluding hydrogens is 368 g/mol. The second kappa shape index (κ2) is 9.13. The Morgan fingerprint density at radius 2 is 1.59 bits per heavy atom.